The summed E-state index contributed by atoms with van der Waals surface area (Å²) in [6, 6.07) is 5.00. The van der Waals surface area contributed by atoms with Gasteiger partial charge in [0.15, 0.2) is 0 Å². The van der Waals surface area contributed by atoms with E-state index in [4.69, 9.17) is 9.47 Å². The summed E-state index contributed by atoms with van der Waals surface area (Å²) in [6.07, 6.45) is 0.0974. The van der Waals surface area contributed by atoms with Gasteiger partial charge in [0.2, 0.25) is 11.8 Å². The molecule has 1 atom stereocenters. The van der Waals surface area contributed by atoms with Crippen LogP contribution in [0.2, 0.25) is 0 Å². The van der Waals surface area contributed by atoms with Crippen LogP contribution in [0.5, 0.6) is 5.75 Å². The Morgan fingerprint density at radius 3 is 2.64 bits per heavy atom. The van der Waals surface area contributed by atoms with Gasteiger partial charge in [0.1, 0.15) is 5.75 Å². The summed E-state index contributed by atoms with van der Waals surface area (Å²) in [7, 11) is 2.79. The Balaban J connectivity index is 2.32. The van der Waals surface area contributed by atoms with Crippen LogP contribution in [0.4, 0.5) is 11.4 Å². The smallest absolute Gasteiger partial charge is 0.311 e. The van der Waals surface area contributed by atoms with E-state index in [0.29, 0.717) is 17.1 Å². The molecule has 0 aromatic heterocycles. The third kappa shape index (κ3) is 3.19. The molecule has 1 aliphatic rings. The molecule has 118 valence electrons. The van der Waals surface area contributed by atoms with Crippen molar-refractivity contribution in [2.45, 2.75) is 13.3 Å². The quantitative estimate of drug-likeness (QED) is 0.844. The van der Waals surface area contributed by atoms with E-state index in [1.165, 1.54) is 26.0 Å². The molecular formula is C15H18N2O5. The van der Waals surface area contributed by atoms with Crippen LogP contribution in [0, 0.1) is 5.92 Å². The van der Waals surface area contributed by atoms with Gasteiger partial charge >= 0.3 is 5.97 Å². The minimum absolute atomic E-state index is 0.0974. The second-order valence-electron chi connectivity index (χ2n) is 5.00. The summed E-state index contributed by atoms with van der Waals surface area (Å²) in [4.78, 5) is 36.4. The van der Waals surface area contributed by atoms with E-state index in [9.17, 15) is 14.4 Å². The zero-order valence-electron chi connectivity index (χ0n) is 12.7. The maximum atomic E-state index is 12.2. The number of amides is 2. The summed E-state index contributed by atoms with van der Waals surface area (Å²) in [5.41, 5.74) is 1.07. The molecule has 1 N–H and O–H groups in total. The summed E-state index contributed by atoms with van der Waals surface area (Å²) >= 11 is 0. The highest BCUT2D eigenvalue weighted by Crippen LogP contribution is 2.35. The summed E-state index contributed by atoms with van der Waals surface area (Å²) in [6.45, 7) is 1.63. The standard InChI is InChI=1S/C15H18N2O5/c1-9(18)16-11-4-5-13(21-2)12(7-11)17-8-10(6-14(17)19)15(20)22-3/h4-5,7,10H,6,8H2,1-3H3,(H,16,18). The Bertz CT molecular complexity index is 614. The third-order valence-corrected chi connectivity index (χ3v) is 3.45. The van der Waals surface area contributed by atoms with E-state index in [2.05, 4.69) is 5.32 Å². The number of hydrogen-bond donors (Lipinski definition) is 1. The maximum Gasteiger partial charge on any atom is 0.311 e. The molecule has 1 fully saturated rings. The number of carbonyl (C=O) groups is 3. The minimum Gasteiger partial charge on any atom is -0.495 e. The molecule has 0 bridgehead atoms. The first-order valence-electron chi connectivity index (χ1n) is 6.80. The fourth-order valence-electron chi connectivity index (χ4n) is 2.45. The van der Waals surface area contributed by atoms with E-state index in [1.807, 2.05) is 0 Å². The Morgan fingerprint density at radius 1 is 1.32 bits per heavy atom. The van der Waals surface area contributed by atoms with Crippen molar-refractivity contribution in [1.82, 2.24) is 0 Å². The van der Waals surface area contributed by atoms with E-state index < -0.39 is 11.9 Å². The van der Waals surface area contributed by atoms with Gasteiger partial charge in [-0.15, -0.1) is 0 Å². The van der Waals surface area contributed by atoms with E-state index in [0.717, 1.165) is 0 Å². The molecule has 1 unspecified atom stereocenters. The molecule has 0 spiro atoms. The Labute approximate surface area is 128 Å². The number of nitrogens with zero attached hydrogens (tertiary/aromatic N) is 1. The summed E-state index contributed by atoms with van der Waals surface area (Å²) < 4.78 is 9.96. The Kier molecular flexibility index (Phi) is 4.65. The van der Waals surface area contributed by atoms with Crippen LogP contribution in [0.25, 0.3) is 0 Å². The van der Waals surface area contributed by atoms with Crippen molar-refractivity contribution >= 4 is 29.2 Å². The van der Waals surface area contributed by atoms with Crippen LogP contribution in [-0.4, -0.2) is 38.5 Å². The number of rotatable bonds is 4. The van der Waals surface area contributed by atoms with Crippen molar-refractivity contribution in [3.8, 4) is 5.75 Å². The number of carbonyl (C=O) groups excluding carboxylic acids is 3. The van der Waals surface area contributed by atoms with Crippen molar-refractivity contribution in [1.29, 1.82) is 0 Å². The fraction of sp³-hybridized carbons (Fsp3) is 0.400. The number of methoxy groups -OCH3 is 2. The topological polar surface area (TPSA) is 84.9 Å². The average Bonchev–Trinajstić information content (AvgIpc) is 2.87. The first kappa shape index (κ1) is 15.8. The van der Waals surface area contributed by atoms with Gasteiger partial charge in [0.25, 0.3) is 0 Å². The van der Waals surface area contributed by atoms with Crippen molar-refractivity contribution in [3.63, 3.8) is 0 Å². The molecule has 0 aliphatic carbocycles. The molecule has 2 amide bonds. The lowest BCUT2D eigenvalue weighted by molar-refractivity contribution is -0.145. The second kappa shape index (κ2) is 6.46. The normalized spacial score (nSPS) is 17.3. The molecule has 2 rings (SSSR count). The van der Waals surface area contributed by atoms with Crippen LogP contribution in [-0.2, 0) is 19.1 Å². The largest absolute Gasteiger partial charge is 0.495 e. The SMILES string of the molecule is COC(=O)C1CC(=O)N(c2cc(NC(C)=O)ccc2OC)C1. The number of nitrogens with one attached hydrogen (secondary N) is 1. The molecule has 1 aliphatic heterocycles. The maximum absolute atomic E-state index is 12.2. The van der Waals surface area contributed by atoms with Crippen LogP contribution in [0.15, 0.2) is 18.2 Å². The number of benzene rings is 1. The molecular weight excluding hydrogens is 288 g/mol. The van der Waals surface area contributed by atoms with E-state index in [-0.39, 0.29) is 24.8 Å². The van der Waals surface area contributed by atoms with Gasteiger partial charge in [-0.25, -0.2) is 0 Å². The highest BCUT2D eigenvalue weighted by molar-refractivity contribution is 6.01. The molecule has 7 nitrogen and oxygen atoms in total. The molecule has 7 heteroatoms. The predicted molar refractivity (Wildman–Crippen MR) is 79.8 cm³/mol. The molecule has 0 saturated carbocycles. The van der Waals surface area contributed by atoms with Gasteiger partial charge < -0.3 is 19.7 Å². The first-order valence-corrected chi connectivity index (χ1v) is 6.80. The lowest BCUT2D eigenvalue weighted by Crippen LogP contribution is -2.26. The first-order chi connectivity index (χ1) is 10.5. The van der Waals surface area contributed by atoms with Crippen LogP contribution >= 0.6 is 0 Å². The van der Waals surface area contributed by atoms with Crippen molar-refractivity contribution in [2.75, 3.05) is 31.0 Å². The van der Waals surface area contributed by atoms with Gasteiger partial charge in [-0.2, -0.15) is 0 Å². The highest BCUT2D eigenvalue weighted by Gasteiger charge is 2.37. The summed E-state index contributed by atoms with van der Waals surface area (Å²) in [5, 5.41) is 2.66. The molecule has 1 heterocycles. The van der Waals surface area contributed by atoms with Crippen molar-refractivity contribution in [3.05, 3.63) is 18.2 Å². The summed E-state index contributed by atoms with van der Waals surface area (Å²) in [5.74, 6) is -0.808. The average molecular weight is 306 g/mol. The van der Waals surface area contributed by atoms with Crippen molar-refractivity contribution in [2.24, 2.45) is 5.92 Å². The zero-order valence-corrected chi connectivity index (χ0v) is 12.7. The van der Waals surface area contributed by atoms with Gasteiger partial charge in [0.05, 0.1) is 25.8 Å². The monoisotopic (exact) mass is 306 g/mol. The molecule has 1 aromatic carbocycles. The van der Waals surface area contributed by atoms with Gasteiger partial charge in [0, 0.05) is 25.6 Å². The number of hydrogen-bond acceptors (Lipinski definition) is 5. The van der Waals surface area contributed by atoms with E-state index >= 15 is 0 Å². The van der Waals surface area contributed by atoms with E-state index in [1.54, 1.807) is 18.2 Å². The highest BCUT2D eigenvalue weighted by atomic mass is 16.5. The predicted octanol–water partition coefficient (Wildman–Crippen LogP) is 1.18. The van der Waals surface area contributed by atoms with Gasteiger partial charge in [-0.1, -0.05) is 0 Å². The molecule has 22 heavy (non-hydrogen) atoms. The Hall–Kier alpha value is -2.57. The zero-order chi connectivity index (χ0) is 16.3. The second-order valence-corrected chi connectivity index (χ2v) is 5.00. The van der Waals surface area contributed by atoms with Gasteiger partial charge in [-0.05, 0) is 18.2 Å². The number of esters is 1. The molecule has 1 saturated heterocycles. The van der Waals surface area contributed by atoms with Crippen molar-refractivity contribution < 1.29 is 23.9 Å². The van der Waals surface area contributed by atoms with Crippen LogP contribution in [0.3, 0.4) is 0 Å². The lowest BCUT2D eigenvalue weighted by atomic mass is 10.1. The third-order valence-electron chi connectivity index (χ3n) is 3.45. The number of anilines is 2. The number of ether oxygens (including phenoxy) is 2. The molecule has 1 aromatic rings. The van der Waals surface area contributed by atoms with Crippen LogP contribution < -0.4 is 15.0 Å². The Morgan fingerprint density at radius 2 is 2.05 bits per heavy atom. The minimum atomic E-state index is -0.494. The van der Waals surface area contributed by atoms with Crippen LogP contribution in [0.1, 0.15) is 13.3 Å². The fourth-order valence-corrected chi connectivity index (χ4v) is 2.45. The lowest BCUT2D eigenvalue weighted by Gasteiger charge is -2.20. The van der Waals surface area contributed by atoms with Gasteiger partial charge in [-0.3, -0.25) is 14.4 Å². The molecule has 0 radical (unpaired) electrons.